The molecule has 2 N–H and O–H groups in total. The monoisotopic (exact) mass is 529 g/mol. The van der Waals surface area contributed by atoms with Crippen LogP contribution in [0.3, 0.4) is 0 Å². The number of nitrogens with one attached hydrogen (secondary N) is 2. The van der Waals surface area contributed by atoms with Crippen molar-refractivity contribution in [2.75, 3.05) is 40.6 Å². The second-order valence-corrected chi connectivity index (χ2v) is 8.53. The quantitative estimate of drug-likeness (QED) is 0.408. The first-order chi connectivity index (χ1) is 16.5. The van der Waals surface area contributed by atoms with E-state index in [1.807, 2.05) is 35.4 Å². The predicted molar refractivity (Wildman–Crippen MR) is 135 cm³/mol. The van der Waals surface area contributed by atoms with Crippen molar-refractivity contribution in [2.24, 2.45) is 0 Å². The van der Waals surface area contributed by atoms with Gasteiger partial charge >= 0.3 is 0 Å². The zero-order valence-corrected chi connectivity index (χ0v) is 20.8. The Balaban J connectivity index is 1.62. The van der Waals surface area contributed by atoms with Crippen LogP contribution in [-0.2, 0) is 16.1 Å². The summed E-state index contributed by atoms with van der Waals surface area (Å²) >= 11 is 3.16. The molecule has 0 aliphatic carbocycles. The van der Waals surface area contributed by atoms with E-state index in [0.29, 0.717) is 35.2 Å². The van der Waals surface area contributed by atoms with Gasteiger partial charge in [0.1, 0.15) is 0 Å². The van der Waals surface area contributed by atoms with Crippen LogP contribution >= 0.6 is 15.9 Å². The third-order valence-corrected chi connectivity index (χ3v) is 6.24. The van der Waals surface area contributed by atoms with Crippen LogP contribution in [-0.4, -0.2) is 62.5 Å². The van der Waals surface area contributed by atoms with Crippen molar-refractivity contribution in [3.05, 3.63) is 36.2 Å². The van der Waals surface area contributed by atoms with Crippen LogP contribution in [0, 0.1) is 0 Å². The second-order valence-electron chi connectivity index (χ2n) is 7.96. The first-order valence-corrected chi connectivity index (χ1v) is 12.5. The number of nitrogens with zero attached hydrogens (tertiary/aromatic N) is 5. The van der Waals surface area contributed by atoms with E-state index >= 15 is 0 Å². The zero-order chi connectivity index (χ0) is 24.1. The molecule has 180 valence electrons. The fourth-order valence-corrected chi connectivity index (χ4v) is 4.09. The number of ether oxygens (including phenoxy) is 1. The van der Waals surface area contributed by atoms with Crippen molar-refractivity contribution in [1.29, 1.82) is 0 Å². The molecule has 1 fully saturated rings. The minimum Gasteiger partial charge on any atom is -0.376 e. The van der Waals surface area contributed by atoms with Crippen molar-refractivity contribution in [3.8, 4) is 0 Å². The molecule has 1 atom stereocenters. The molecular weight excluding hydrogens is 502 g/mol. The maximum absolute atomic E-state index is 13.0. The maximum atomic E-state index is 13.0. The van der Waals surface area contributed by atoms with Crippen LogP contribution < -0.4 is 15.5 Å². The Bertz CT molecular complexity index is 1160. The number of hydrogen-bond acceptors (Lipinski definition) is 7. The normalized spacial score (nSPS) is 15.4. The number of rotatable bonds is 9. The third-order valence-electron chi connectivity index (χ3n) is 5.74. The lowest BCUT2D eigenvalue weighted by Crippen LogP contribution is -2.25. The molecule has 3 aromatic rings. The standard InChI is InChI=1S/C23H28BrN7O3/c1-3-30(4-2)22-25-12-15(13-26-22)21(33)29-23-28-18-8-7-16(27-20(32)11-24)10-19(18)31(23)14-17-6-5-9-34-17/h7-8,10,12-13,17H,3-6,9,11,14H2,1-2H3,(H,27,32)(H,28,29,33)/t17-/m0/s1. The van der Waals surface area contributed by atoms with Crippen LogP contribution in [0.4, 0.5) is 17.6 Å². The lowest BCUT2D eigenvalue weighted by molar-refractivity contribution is -0.113. The van der Waals surface area contributed by atoms with Crippen molar-refractivity contribution in [1.82, 2.24) is 19.5 Å². The Morgan fingerprint density at radius 2 is 1.97 bits per heavy atom. The maximum Gasteiger partial charge on any atom is 0.261 e. The average molecular weight is 530 g/mol. The highest BCUT2D eigenvalue weighted by Gasteiger charge is 2.22. The summed E-state index contributed by atoms with van der Waals surface area (Å²) in [7, 11) is 0. The van der Waals surface area contributed by atoms with E-state index in [0.717, 1.165) is 38.1 Å². The van der Waals surface area contributed by atoms with Gasteiger partial charge in [0, 0.05) is 37.8 Å². The average Bonchev–Trinajstić information content (AvgIpc) is 3.48. The minimum absolute atomic E-state index is 0.0329. The van der Waals surface area contributed by atoms with Crippen molar-refractivity contribution < 1.29 is 14.3 Å². The zero-order valence-electron chi connectivity index (χ0n) is 19.3. The van der Waals surface area contributed by atoms with E-state index in [-0.39, 0.29) is 23.2 Å². The van der Waals surface area contributed by atoms with E-state index in [2.05, 4.69) is 41.5 Å². The summed E-state index contributed by atoms with van der Waals surface area (Å²) < 4.78 is 7.76. The predicted octanol–water partition coefficient (Wildman–Crippen LogP) is 3.44. The Labute approximate surface area is 206 Å². The molecule has 1 aliphatic heterocycles. The number of benzene rings is 1. The Morgan fingerprint density at radius 3 is 2.62 bits per heavy atom. The van der Waals surface area contributed by atoms with E-state index < -0.39 is 0 Å². The van der Waals surface area contributed by atoms with Gasteiger partial charge in [-0.3, -0.25) is 14.9 Å². The molecule has 0 radical (unpaired) electrons. The lowest BCUT2D eigenvalue weighted by atomic mass is 10.2. The molecule has 34 heavy (non-hydrogen) atoms. The van der Waals surface area contributed by atoms with Gasteiger partial charge in [-0.1, -0.05) is 15.9 Å². The summed E-state index contributed by atoms with van der Waals surface area (Å²) in [6.45, 7) is 6.90. The minimum atomic E-state index is -0.345. The fourth-order valence-electron chi connectivity index (χ4n) is 3.95. The van der Waals surface area contributed by atoms with Gasteiger partial charge in [-0.25, -0.2) is 15.0 Å². The second kappa shape index (κ2) is 10.9. The molecule has 0 saturated carbocycles. The van der Waals surface area contributed by atoms with E-state index in [9.17, 15) is 9.59 Å². The molecule has 0 bridgehead atoms. The molecule has 1 aromatic carbocycles. The summed E-state index contributed by atoms with van der Waals surface area (Å²) in [5, 5.41) is 5.95. The third kappa shape index (κ3) is 5.36. The van der Waals surface area contributed by atoms with Gasteiger partial charge in [-0.05, 0) is 44.9 Å². The molecule has 1 aliphatic rings. The SMILES string of the molecule is CCN(CC)c1ncc(C(=O)Nc2nc3ccc(NC(=O)CBr)cc3n2C[C@@H]2CCCO2)cn1. The van der Waals surface area contributed by atoms with Gasteiger partial charge in [-0.15, -0.1) is 0 Å². The highest BCUT2D eigenvalue weighted by atomic mass is 79.9. The van der Waals surface area contributed by atoms with Gasteiger partial charge in [0.15, 0.2) is 0 Å². The van der Waals surface area contributed by atoms with Crippen molar-refractivity contribution in [3.63, 3.8) is 0 Å². The number of alkyl halides is 1. The Hall–Kier alpha value is -3.05. The highest BCUT2D eigenvalue weighted by molar-refractivity contribution is 9.09. The summed E-state index contributed by atoms with van der Waals surface area (Å²) in [5.74, 6) is 0.506. The molecule has 11 heteroatoms. The van der Waals surface area contributed by atoms with E-state index in [4.69, 9.17) is 4.74 Å². The first-order valence-electron chi connectivity index (χ1n) is 11.4. The van der Waals surface area contributed by atoms with Crippen LogP contribution in [0.5, 0.6) is 0 Å². The molecule has 3 heterocycles. The van der Waals surface area contributed by atoms with Crippen molar-refractivity contribution >= 4 is 56.4 Å². The number of fused-ring (bicyclic) bond motifs is 1. The van der Waals surface area contributed by atoms with Gasteiger partial charge < -0.3 is 19.5 Å². The van der Waals surface area contributed by atoms with Gasteiger partial charge in [0.05, 0.1) is 34.6 Å². The molecule has 1 saturated heterocycles. The van der Waals surface area contributed by atoms with Crippen LogP contribution in [0.1, 0.15) is 37.0 Å². The van der Waals surface area contributed by atoms with Crippen LogP contribution in [0.15, 0.2) is 30.6 Å². The molecular formula is C23H28BrN7O3. The first kappa shape index (κ1) is 24.1. The van der Waals surface area contributed by atoms with Gasteiger partial charge in [0.2, 0.25) is 17.8 Å². The molecule has 0 spiro atoms. The number of imidazole rings is 1. The number of amides is 2. The molecule has 2 amide bonds. The summed E-state index contributed by atoms with van der Waals surface area (Å²) in [5.41, 5.74) is 2.50. The molecule has 4 rings (SSSR count). The number of carbonyl (C=O) groups is 2. The van der Waals surface area contributed by atoms with Crippen LogP contribution in [0.25, 0.3) is 11.0 Å². The van der Waals surface area contributed by atoms with Crippen molar-refractivity contribution in [2.45, 2.75) is 39.3 Å². The number of halogens is 1. The van der Waals surface area contributed by atoms with E-state index in [1.165, 1.54) is 12.4 Å². The Kier molecular flexibility index (Phi) is 7.73. The molecule has 0 unspecified atom stereocenters. The number of anilines is 3. The smallest absolute Gasteiger partial charge is 0.261 e. The molecule has 2 aromatic heterocycles. The number of carbonyl (C=O) groups excluding carboxylic acids is 2. The highest BCUT2D eigenvalue weighted by Crippen LogP contribution is 2.26. The summed E-state index contributed by atoms with van der Waals surface area (Å²) in [6, 6.07) is 5.47. The van der Waals surface area contributed by atoms with Gasteiger partial charge in [-0.2, -0.15) is 0 Å². The lowest BCUT2D eigenvalue weighted by Gasteiger charge is -2.18. The topological polar surface area (TPSA) is 114 Å². The van der Waals surface area contributed by atoms with Gasteiger partial charge in [0.25, 0.3) is 5.91 Å². The largest absolute Gasteiger partial charge is 0.376 e. The fraction of sp³-hybridized carbons (Fsp3) is 0.435. The summed E-state index contributed by atoms with van der Waals surface area (Å²) in [4.78, 5) is 40.2. The number of hydrogen-bond donors (Lipinski definition) is 2. The number of aromatic nitrogens is 4. The molecule has 10 nitrogen and oxygen atoms in total. The van der Waals surface area contributed by atoms with E-state index in [1.54, 1.807) is 6.07 Å². The summed E-state index contributed by atoms with van der Waals surface area (Å²) in [6.07, 6.45) is 5.02. The Morgan fingerprint density at radius 1 is 1.21 bits per heavy atom. The van der Waals surface area contributed by atoms with Crippen LogP contribution in [0.2, 0.25) is 0 Å².